The monoisotopic (exact) mass is 457 g/mol. The summed E-state index contributed by atoms with van der Waals surface area (Å²) in [4.78, 5) is 36.4. The highest BCUT2D eigenvalue weighted by Crippen LogP contribution is 2.33. The van der Waals surface area contributed by atoms with Crippen LogP contribution in [0.4, 0.5) is 10.7 Å². The lowest BCUT2D eigenvalue weighted by Gasteiger charge is -2.35. The van der Waals surface area contributed by atoms with Gasteiger partial charge in [-0.3, -0.25) is 19.5 Å². The van der Waals surface area contributed by atoms with Crippen LogP contribution in [-0.2, 0) is 9.53 Å². The van der Waals surface area contributed by atoms with Gasteiger partial charge in [-0.2, -0.15) is 4.57 Å². The van der Waals surface area contributed by atoms with Crippen molar-refractivity contribution in [3.05, 3.63) is 40.7 Å². The number of amidine groups is 1. The predicted octanol–water partition coefficient (Wildman–Crippen LogP) is 1.85. The fraction of sp³-hybridized carbons (Fsp3) is 0.455. The lowest BCUT2D eigenvalue weighted by molar-refractivity contribution is -0.682. The van der Waals surface area contributed by atoms with Gasteiger partial charge in [0.05, 0.1) is 13.2 Å². The van der Waals surface area contributed by atoms with Crippen molar-refractivity contribution >= 4 is 35.3 Å². The maximum atomic E-state index is 13.6. The van der Waals surface area contributed by atoms with E-state index < -0.39 is 6.04 Å². The van der Waals surface area contributed by atoms with Crippen molar-refractivity contribution in [2.24, 2.45) is 4.99 Å². The van der Waals surface area contributed by atoms with Gasteiger partial charge in [0.25, 0.3) is 5.91 Å². The number of fused-ring (bicyclic) bond motifs is 3. The smallest absolute Gasteiger partial charge is 0.379 e. The number of imidazole rings is 1. The van der Waals surface area contributed by atoms with Crippen molar-refractivity contribution < 1.29 is 18.9 Å². The van der Waals surface area contributed by atoms with Gasteiger partial charge in [0.15, 0.2) is 0 Å². The number of carbonyl (C=O) groups excluding carboxylic acids is 2. The fourth-order valence-electron chi connectivity index (χ4n) is 4.61. The molecule has 10 heteroatoms. The molecule has 1 unspecified atom stereocenters. The van der Waals surface area contributed by atoms with Gasteiger partial charge in [0.1, 0.15) is 17.1 Å². The second kappa shape index (κ2) is 7.99. The molecular weight excluding hydrogens is 432 g/mol. The number of imide groups is 1. The molecule has 4 heterocycles. The highest BCUT2D eigenvalue weighted by molar-refractivity contribution is 6.30. The van der Waals surface area contributed by atoms with E-state index in [2.05, 4.69) is 4.90 Å². The molecule has 0 bridgehead atoms. The standard InChI is InChI=1S/C22H26ClN6O3/c1-14-15(2)29-18-19(24-21(29)28(14)17-6-4-16(23)5-7-17)25(3)22(31)27(20(18)30)9-8-26-10-12-32-13-11-26/h4-7,18H,8-13H2,1-3H3/q+1. The minimum absolute atomic E-state index is 0.236. The van der Waals surface area contributed by atoms with Crippen LogP contribution in [0.1, 0.15) is 17.4 Å². The summed E-state index contributed by atoms with van der Waals surface area (Å²) in [5, 5.41) is 0.649. The molecule has 2 saturated heterocycles. The number of benzene rings is 1. The predicted molar refractivity (Wildman–Crippen MR) is 119 cm³/mol. The highest BCUT2D eigenvalue weighted by Gasteiger charge is 2.54. The summed E-state index contributed by atoms with van der Waals surface area (Å²) < 4.78 is 9.33. The molecule has 0 N–H and O–H groups in total. The van der Waals surface area contributed by atoms with Gasteiger partial charge in [-0.15, -0.1) is 0 Å². The number of amides is 3. The Labute approximate surface area is 191 Å². The van der Waals surface area contributed by atoms with Crippen molar-refractivity contribution in [3.63, 3.8) is 0 Å². The third-order valence-corrected chi connectivity index (χ3v) is 6.79. The molecule has 0 saturated carbocycles. The van der Waals surface area contributed by atoms with E-state index >= 15 is 0 Å². The van der Waals surface area contributed by atoms with E-state index in [1.165, 1.54) is 9.80 Å². The zero-order chi connectivity index (χ0) is 22.6. The van der Waals surface area contributed by atoms with Gasteiger partial charge in [0, 0.05) is 38.2 Å². The molecule has 1 aromatic heterocycles. The normalized spacial score (nSPS) is 21.1. The zero-order valence-corrected chi connectivity index (χ0v) is 19.2. The third kappa shape index (κ3) is 3.23. The zero-order valence-electron chi connectivity index (χ0n) is 18.4. The number of halogens is 1. The summed E-state index contributed by atoms with van der Waals surface area (Å²) in [5.41, 5.74) is 2.82. The van der Waals surface area contributed by atoms with Crippen LogP contribution in [0.5, 0.6) is 0 Å². The van der Waals surface area contributed by atoms with E-state index in [1.54, 1.807) is 7.05 Å². The van der Waals surface area contributed by atoms with Gasteiger partial charge < -0.3 is 4.74 Å². The number of hydrogen-bond donors (Lipinski definition) is 0. The van der Waals surface area contributed by atoms with Crippen LogP contribution in [0.25, 0.3) is 5.69 Å². The molecule has 3 aliphatic rings. The van der Waals surface area contributed by atoms with E-state index in [-0.39, 0.29) is 11.9 Å². The van der Waals surface area contributed by atoms with Crippen LogP contribution in [0.3, 0.4) is 0 Å². The number of rotatable bonds is 4. The van der Waals surface area contributed by atoms with Crippen molar-refractivity contribution in [2.75, 3.05) is 46.4 Å². The molecule has 0 spiro atoms. The quantitative estimate of drug-likeness (QED) is 0.657. The Kier molecular flexibility index (Phi) is 5.27. The van der Waals surface area contributed by atoms with Gasteiger partial charge in [0.2, 0.25) is 11.9 Å². The Morgan fingerprint density at radius 3 is 2.50 bits per heavy atom. The molecule has 0 radical (unpaired) electrons. The van der Waals surface area contributed by atoms with Crippen molar-refractivity contribution in [1.29, 1.82) is 0 Å². The van der Waals surface area contributed by atoms with E-state index in [9.17, 15) is 9.59 Å². The molecule has 0 aliphatic carbocycles. The second-order valence-electron chi connectivity index (χ2n) is 8.31. The topological polar surface area (TPSA) is 74.3 Å². The van der Waals surface area contributed by atoms with Crippen LogP contribution < -0.4 is 4.57 Å². The molecule has 168 valence electrons. The lowest BCUT2D eigenvalue weighted by atomic mass is 10.1. The molecule has 1 atom stereocenters. The van der Waals surface area contributed by atoms with Gasteiger partial charge >= 0.3 is 12.0 Å². The fourth-order valence-corrected chi connectivity index (χ4v) is 4.73. The number of hydrogen-bond acceptors (Lipinski definition) is 5. The second-order valence-corrected chi connectivity index (χ2v) is 8.75. The maximum Gasteiger partial charge on any atom is 0.407 e. The van der Waals surface area contributed by atoms with E-state index in [0.29, 0.717) is 43.1 Å². The van der Waals surface area contributed by atoms with Crippen LogP contribution in [0.2, 0.25) is 5.02 Å². The Morgan fingerprint density at radius 1 is 1.12 bits per heavy atom. The Bertz CT molecular complexity index is 1120. The average molecular weight is 458 g/mol. The third-order valence-electron chi connectivity index (χ3n) is 6.54. The molecule has 32 heavy (non-hydrogen) atoms. The first-order valence-electron chi connectivity index (χ1n) is 10.8. The van der Waals surface area contributed by atoms with Gasteiger partial charge in [-0.1, -0.05) is 16.6 Å². The molecular formula is C22H26ClN6O3+. The number of morpholine rings is 1. The Morgan fingerprint density at radius 2 is 1.81 bits per heavy atom. The summed E-state index contributed by atoms with van der Waals surface area (Å²) in [5.74, 6) is 0.856. The molecule has 2 aromatic rings. The number of urea groups is 1. The summed E-state index contributed by atoms with van der Waals surface area (Å²) in [6.45, 7) is 7.93. The lowest BCUT2D eigenvalue weighted by Crippen LogP contribution is -2.64. The molecule has 3 aliphatic heterocycles. The minimum atomic E-state index is -0.648. The molecule has 3 amide bonds. The highest BCUT2D eigenvalue weighted by atomic mass is 35.5. The molecule has 2 fully saturated rings. The molecule has 9 nitrogen and oxygen atoms in total. The first-order valence-corrected chi connectivity index (χ1v) is 11.1. The summed E-state index contributed by atoms with van der Waals surface area (Å²) in [7, 11) is 1.68. The van der Waals surface area contributed by atoms with Crippen LogP contribution in [0, 0.1) is 13.8 Å². The molecule has 1 aromatic carbocycles. The van der Waals surface area contributed by atoms with Crippen molar-refractivity contribution in [2.45, 2.75) is 19.9 Å². The summed E-state index contributed by atoms with van der Waals surface area (Å²) in [6.07, 6.45) is 0. The first-order chi connectivity index (χ1) is 15.4. The van der Waals surface area contributed by atoms with Gasteiger partial charge in [-0.05, 0) is 38.1 Å². The SMILES string of the molecule is Cc1c(C)[n+]2c(n1-c1ccc(Cl)cc1)N=C1C2C(=O)N(CCN2CCOCC2)C(=O)N1C. The van der Waals surface area contributed by atoms with Crippen LogP contribution in [0.15, 0.2) is 29.3 Å². The Hall–Kier alpha value is -2.75. The van der Waals surface area contributed by atoms with Crippen LogP contribution >= 0.6 is 11.6 Å². The minimum Gasteiger partial charge on any atom is -0.379 e. The summed E-state index contributed by atoms with van der Waals surface area (Å²) >= 11 is 6.07. The number of aromatic nitrogens is 2. The largest absolute Gasteiger partial charge is 0.407 e. The number of ether oxygens (including phenoxy) is 1. The Balaban J connectivity index is 1.50. The average Bonchev–Trinajstić information content (AvgIpc) is 3.29. The van der Waals surface area contributed by atoms with E-state index in [1.807, 2.05) is 47.2 Å². The summed E-state index contributed by atoms with van der Waals surface area (Å²) in [6, 6.07) is 6.51. The number of aliphatic imine (C=N–C) groups is 1. The van der Waals surface area contributed by atoms with Crippen molar-refractivity contribution in [3.8, 4) is 5.69 Å². The molecule has 5 rings (SSSR count). The van der Waals surface area contributed by atoms with Gasteiger partial charge in [-0.25, -0.2) is 9.36 Å². The van der Waals surface area contributed by atoms with Crippen LogP contribution in [-0.4, -0.2) is 83.5 Å². The first kappa shape index (κ1) is 21.1. The van der Waals surface area contributed by atoms with E-state index in [4.69, 9.17) is 21.3 Å². The number of likely N-dealkylation sites (N-methyl/N-ethyl adjacent to an activating group) is 1. The number of nitrogens with zero attached hydrogens (tertiary/aromatic N) is 6. The maximum absolute atomic E-state index is 13.6. The number of carbonyl (C=O) groups is 2. The van der Waals surface area contributed by atoms with Crippen molar-refractivity contribution in [1.82, 2.24) is 19.3 Å². The van der Waals surface area contributed by atoms with E-state index in [0.717, 1.165) is 30.2 Å².